The topological polar surface area (TPSA) is 47.4 Å². The Morgan fingerprint density at radius 1 is 1.15 bits per heavy atom. The van der Waals surface area contributed by atoms with Gasteiger partial charge in [0.15, 0.2) is 0 Å². The zero-order valence-corrected chi connectivity index (χ0v) is 15.4. The number of aryl methyl sites for hydroxylation is 1. The molecule has 1 fully saturated rings. The molecule has 0 saturated carbocycles. The van der Waals surface area contributed by atoms with Crippen LogP contribution in [0.3, 0.4) is 0 Å². The van der Waals surface area contributed by atoms with Gasteiger partial charge >= 0.3 is 0 Å². The van der Waals surface area contributed by atoms with Gasteiger partial charge < -0.3 is 14.2 Å². The number of rotatable bonds is 5. The lowest BCUT2D eigenvalue weighted by molar-refractivity contribution is -0.122. The first-order chi connectivity index (χ1) is 13.2. The van der Waals surface area contributed by atoms with Gasteiger partial charge in [-0.3, -0.25) is 4.79 Å². The van der Waals surface area contributed by atoms with Crippen LogP contribution in [-0.4, -0.2) is 28.7 Å². The van der Waals surface area contributed by atoms with E-state index in [-0.39, 0.29) is 11.8 Å². The third-order valence-electron chi connectivity index (χ3n) is 5.05. The van der Waals surface area contributed by atoms with Gasteiger partial charge in [-0.25, -0.2) is 4.98 Å². The van der Waals surface area contributed by atoms with Gasteiger partial charge in [0, 0.05) is 31.7 Å². The average Bonchev–Trinajstić information content (AvgIpc) is 3.39. The van der Waals surface area contributed by atoms with Gasteiger partial charge in [-0.2, -0.15) is 0 Å². The monoisotopic (exact) mass is 361 g/mol. The van der Waals surface area contributed by atoms with Crippen LogP contribution in [0.5, 0.6) is 0 Å². The summed E-state index contributed by atoms with van der Waals surface area (Å²) >= 11 is 0. The van der Waals surface area contributed by atoms with Crippen molar-refractivity contribution >= 4 is 11.6 Å². The number of aromatic nitrogens is 2. The van der Waals surface area contributed by atoms with E-state index in [0.717, 1.165) is 29.1 Å². The summed E-state index contributed by atoms with van der Waals surface area (Å²) in [5, 5.41) is 0. The Balaban J connectivity index is 1.63. The predicted octanol–water partition coefficient (Wildman–Crippen LogP) is 3.66. The summed E-state index contributed by atoms with van der Waals surface area (Å²) in [7, 11) is 1.95. The van der Waals surface area contributed by atoms with Crippen molar-refractivity contribution in [1.82, 2.24) is 9.55 Å². The molecule has 0 bridgehead atoms. The minimum atomic E-state index is -0.0842. The number of imidazole rings is 1. The first-order valence-corrected chi connectivity index (χ1v) is 9.23. The van der Waals surface area contributed by atoms with Gasteiger partial charge in [0.05, 0.1) is 19.1 Å². The highest BCUT2D eigenvalue weighted by atomic mass is 16.5. The van der Waals surface area contributed by atoms with Gasteiger partial charge in [0.1, 0.15) is 5.82 Å². The Bertz CT molecular complexity index is 897. The first kappa shape index (κ1) is 17.5. The third-order valence-corrected chi connectivity index (χ3v) is 5.05. The van der Waals surface area contributed by atoms with Crippen LogP contribution in [0.1, 0.15) is 12.2 Å². The van der Waals surface area contributed by atoms with Crippen LogP contribution < -0.4 is 4.90 Å². The van der Waals surface area contributed by atoms with Crippen molar-refractivity contribution in [2.45, 2.75) is 13.0 Å². The largest absolute Gasteiger partial charge is 0.381 e. The fraction of sp³-hybridized carbons (Fsp3) is 0.273. The standard InChI is InChI=1S/C22H23N3O2/c1-24-13-12-23-21(24)15-25(22(26)19-11-14-27-16-19)20-9-7-18(8-10-20)17-5-3-2-4-6-17/h2-10,12-13,19H,11,14-16H2,1H3. The minimum Gasteiger partial charge on any atom is -0.381 e. The van der Waals surface area contributed by atoms with E-state index in [1.54, 1.807) is 6.20 Å². The Morgan fingerprint density at radius 2 is 1.89 bits per heavy atom. The van der Waals surface area contributed by atoms with Crippen molar-refractivity contribution in [1.29, 1.82) is 0 Å². The van der Waals surface area contributed by atoms with E-state index < -0.39 is 0 Å². The molecule has 2 heterocycles. The summed E-state index contributed by atoms with van der Waals surface area (Å²) in [5.74, 6) is 0.872. The van der Waals surface area contributed by atoms with Crippen LogP contribution in [0.4, 0.5) is 5.69 Å². The van der Waals surface area contributed by atoms with E-state index in [0.29, 0.717) is 19.8 Å². The maximum absolute atomic E-state index is 13.1. The molecule has 5 nitrogen and oxygen atoms in total. The number of hydrogen-bond donors (Lipinski definition) is 0. The van der Waals surface area contributed by atoms with E-state index in [2.05, 4.69) is 29.2 Å². The molecular formula is C22H23N3O2. The fourth-order valence-corrected chi connectivity index (χ4v) is 3.40. The molecule has 1 atom stereocenters. The zero-order chi connectivity index (χ0) is 18.6. The minimum absolute atomic E-state index is 0.0842. The van der Waals surface area contributed by atoms with Crippen molar-refractivity contribution in [2.75, 3.05) is 18.1 Å². The zero-order valence-electron chi connectivity index (χ0n) is 15.4. The van der Waals surface area contributed by atoms with Crippen molar-refractivity contribution in [2.24, 2.45) is 13.0 Å². The van der Waals surface area contributed by atoms with Crippen molar-refractivity contribution in [3.63, 3.8) is 0 Å². The number of ether oxygens (including phenoxy) is 1. The van der Waals surface area contributed by atoms with Gasteiger partial charge in [0.2, 0.25) is 5.91 Å². The summed E-state index contributed by atoms with van der Waals surface area (Å²) in [5.41, 5.74) is 3.18. The van der Waals surface area contributed by atoms with Crippen LogP contribution in [0.25, 0.3) is 11.1 Å². The second-order valence-electron chi connectivity index (χ2n) is 6.85. The molecule has 0 spiro atoms. The van der Waals surface area contributed by atoms with Gasteiger partial charge in [-0.15, -0.1) is 0 Å². The Labute approximate surface area is 159 Å². The summed E-state index contributed by atoms with van der Waals surface area (Å²) < 4.78 is 7.38. The molecule has 4 rings (SSSR count). The van der Waals surface area contributed by atoms with Crippen LogP contribution in [0.15, 0.2) is 67.0 Å². The molecule has 1 aromatic heterocycles. The molecule has 3 aromatic rings. The van der Waals surface area contributed by atoms with Gasteiger partial charge in [0.25, 0.3) is 0 Å². The summed E-state index contributed by atoms with van der Waals surface area (Å²) in [4.78, 5) is 19.4. The van der Waals surface area contributed by atoms with Gasteiger partial charge in [-0.1, -0.05) is 42.5 Å². The summed E-state index contributed by atoms with van der Waals surface area (Å²) in [6.45, 7) is 1.60. The van der Waals surface area contributed by atoms with Crippen molar-refractivity contribution in [3.8, 4) is 11.1 Å². The van der Waals surface area contributed by atoms with E-state index in [1.807, 2.05) is 53.0 Å². The van der Waals surface area contributed by atoms with Crippen LogP contribution in [0, 0.1) is 5.92 Å². The molecule has 0 aliphatic carbocycles. The SMILES string of the molecule is Cn1ccnc1CN(C(=O)C1CCOC1)c1ccc(-c2ccccc2)cc1. The molecule has 1 amide bonds. The second kappa shape index (κ2) is 7.76. The highest BCUT2D eigenvalue weighted by molar-refractivity contribution is 5.95. The van der Waals surface area contributed by atoms with Crippen LogP contribution in [0.2, 0.25) is 0 Å². The van der Waals surface area contributed by atoms with Crippen molar-refractivity contribution in [3.05, 3.63) is 72.8 Å². The molecule has 1 unspecified atom stereocenters. The molecule has 1 saturated heterocycles. The maximum atomic E-state index is 13.1. The predicted molar refractivity (Wildman–Crippen MR) is 105 cm³/mol. The average molecular weight is 361 g/mol. The normalized spacial score (nSPS) is 16.4. The lowest BCUT2D eigenvalue weighted by Crippen LogP contribution is -2.36. The first-order valence-electron chi connectivity index (χ1n) is 9.23. The molecule has 5 heteroatoms. The van der Waals surface area contributed by atoms with E-state index in [9.17, 15) is 4.79 Å². The quantitative estimate of drug-likeness (QED) is 0.697. The van der Waals surface area contributed by atoms with Gasteiger partial charge in [-0.05, 0) is 29.7 Å². The lowest BCUT2D eigenvalue weighted by Gasteiger charge is -2.25. The van der Waals surface area contributed by atoms with Crippen molar-refractivity contribution < 1.29 is 9.53 Å². The Kier molecular flexibility index (Phi) is 5.03. The number of benzene rings is 2. The molecule has 0 radical (unpaired) electrons. The van der Waals surface area contributed by atoms with Crippen LogP contribution in [-0.2, 0) is 23.1 Å². The molecule has 27 heavy (non-hydrogen) atoms. The molecule has 1 aliphatic heterocycles. The Morgan fingerprint density at radius 3 is 2.52 bits per heavy atom. The highest BCUT2D eigenvalue weighted by Crippen LogP contribution is 2.26. The summed E-state index contributed by atoms with van der Waals surface area (Å²) in [6.07, 6.45) is 4.43. The summed E-state index contributed by atoms with van der Waals surface area (Å²) in [6, 6.07) is 18.4. The van der Waals surface area contributed by atoms with E-state index >= 15 is 0 Å². The van der Waals surface area contributed by atoms with E-state index in [1.165, 1.54) is 0 Å². The second-order valence-corrected chi connectivity index (χ2v) is 6.85. The fourth-order valence-electron chi connectivity index (χ4n) is 3.40. The number of nitrogens with zero attached hydrogens (tertiary/aromatic N) is 3. The molecule has 1 aliphatic rings. The molecule has 2 aromatic carbocycles. The Hall–Kier alpha value is -2.92. The lowest BCUT2D eigenvalue weighted by atomic mass is 10.0. The third kappa shape index (κ3) is 3.78. The van der Waals surface area contributed by atoms with Crippen LogP contribution >= 0.6 is 0 Å². The molecule has 0 N–H and O–H groups in total. The number of anilines is 1. The number of carbonyl (C=O) groups excluding carboxylic acids is 1. The molecular weight excluding hydrogens is 338 g/mol. The number of amides is 1. The highest BCUT2D eigenvalue weighted by Gasteiger charge is 2.29. The number of carbonyl (C=O) groups is 1. The molecule has 138 valence electrons. The smallest absolute Gasteiger partial charge is 0.232 e. The maximum Gasteiger partial charge on any atom is 0.232 e. The number of hydrogen-bond acceptors (Lipinski definition) is 3. The van der Waals surface area contributed by atoms with E-state index in [4.69, 9.17) is 4.74 Å².